The molecule has 5 rings (SSSR count). The van der Waals surface area contributed by atoms with Crippen molar-refractivity contribution in [2.24, 2.45) is 0 Å². The van der Waals surface area contributed by atoms with Crippen LogP contribution in [-0.4, -0.2) is 31.1 Å². The molecule has 0 spiro atoms. The van der Waals surface area contributed by atoms with E-state index in [0.717, 1.165) is 27.8 Å². The molecule has 0 unspecified atom stereocenters. The van der Waals surface area contributed by atoms with E-state index in [4.69, 9.17) is 20.6 Å². The summed E-state index contributed by atoms with van der Waals surface area (Å²) in [6.45, 7) is 1.61. The maximum absolute atomic E-state index is 12.7. The summed E-state index contributed by atoms with van der Waals surface area (Å²) in [5, 5.41) is 2.54. The van der Waals surface area contributed by atoms with E-state index < -0.39 is 18.0 Å². The fourth-order valence-corrected chi connectivity index (χ4v) is 5.58. The number of ether oxygens (including phenoxy) is 3. The second kappa shape index (κ2) is 24.6. The van der Waals surface area contributed by atoms with E-state index >= 15 is 0 Å². The number of esters is 1. The number of hydrazine groups is 1. The van der Waals surface area contributed by atoms with Crippen molar-refractivity contribution in [3.05, 3.63) is 119 Å². The van der Waals surface area contributed by atoms with Gasteiger partial charge < -0.3 is 19.5 Å². The number of carbonyl (C=O) groups is 3. The van der Waals surface area contributed by atoms with Crippen LogP contribution in [0.15, 0.2) is 91.0 Å². The van der Waals surface area contributed by atoms with Crippen LogP contribution in [0.5, 0.6) is 5.75 Å². The lowest BCUT2D eigenvalue weighted by atomic mass is 9.98. The zero-order valence-electron chi connectivity index (χ0n) is 33.4. The fourth-order valence-electron chi connectivity index (χ4n) is 5.58. The van der Waals surface area contributed by atoms with Crippen molar-refractivity contribution in [3.63, 3.8) is 0 Å². The highest BCUT2D eigenvalue weighted by Crippen LogP contribution is 2.44. The standard InChI is InChI=1S/C54H29N3O6/c1-3-4-5-6-7-8-9-10-11-12-13-14-15-16-17-18-19-20-21-26-35-61-46-37-42(2)36-43(38-46)40-62-52(58)39-55-53(59)44-31-33-45(34-32-44)56-57-54(60)63-41-51-49-29-24-22-27-47(49)48-28-23-25-30-50(48)51/h1,22-25,27-34,36-38,51,56H,39-41H2,2H3,(H,55,59)(H,57,60). The van der Waals surface area contributed by atoms with Crippen LogP contribution in [0.4, 0.5) is 10.5 Å². The van der Waals surface area contributed by atoms with Gasteiger partial charge in [-0.05, 0) is 124 Å². The van der Waals surface area contributed by atoms with Gasteiger partial charge in [0, 0.05) is 82.5 Å². The monoisotopic (exact) mass is 815 g/mol. The number of hydrogen-bond donors (Lipinski definition) is 3. The van der Waals surface area contributed by atoms with E-state index in [0.29, 0.717) is 22.6 Å². The Morgan fingerprint density at radius 2 is 1.14 bits per heavy atom. The van der Waals surface area contributed by atoms with Crippen molar-refractivity contribution in [1.29, 1.82) is 0 Å². The third-order valence-corrected chi connectivity index (χ3v) is 8.12. The Kier molecular flexibility index (Phi) is 17.2. The molecule has 2 amide bonds. The van der Waals surface area contributed by atoms with Gasteiger partial charge in [0.2, 0.25) is 0 Å². The molecular weight excluding hydrogens is 787 g/mol. The summed E-state index contributed by atoms with van der Waals surface area (Å²) in [6.07, 6.45) is 6.79. The average Bonchev–Trinajstić information content (AvgIpc) is 3.62. The predicted octanol–water partition coefficient (Wildman–Crippen LogP) is 5.34. The summed E-state index contributed by atoms with van der Waals surface area (Å²) in [6, 6.07) is 27.7. The maximum atomic E-state index is 12.7. The van der Waals surface area contributed by atoms with Gasteiger partial charge in [-0.2, -0.15) is 0 Å². The Bertz CT molecular complexity index is 3100. The van der Waals surface area contributed by atoms with Crippen molar-refractivity contribution in [2.75, 3.05) is 18.6 Å². The highest BCUT2D eigenvalue weighted by molar-refractivity contribution is 5.96. The maximum Gasteiger partial charge on any atom is 0.425 e. The largest absolute Gasteiger partial charge is 0.460 e. The van der Waals surface area contributed by atoms with Gasteiger partial charge in [-0.1, -0.05) is 54.6 Å². The van der Waals surface area contributed by atoms with E-state index in [9.17, 15) is 14.4 Å². The quantitative estimate of drug-likeness (QED) is 0.113. The van der Waals surface area contributed by atoms with E-state index in [2.05, 4.69) is 153 Å². The first-order valence-corrected chi connectivity index (χ1v) is 18.5. The minimum atomic E-state index is -0.650. The summed E-state index contributed by atoms with van der Waals surface area (Å²) in [5.41, 5.74) is 12.1. The summed E-state index contributed by atoms with van der Waals surface area (Å²) in [7, 11) is 0. The van der Waals surface area contributed by atoms with Crippen LogP contribution in [-0.2, 0) is 20.9 Å². The molecule has 0 heterocycles. The first-order valence-electron chi connectivity index (χ1n) is 18.5. The van der Waals surface area contributed by atoms with Gasteiger partial charge in [0.15, 0.2) is 0 Å². The highest BCUT2D eigenvalue weighted by Gasteiger charge is 2.29. The first kappa shape index (κ1) is 44.0. The van der Waals surface area contributed by atoms with Crippen molar-refractivity contribution >= 4 is 23.7 Å². The van der Waals surface area contributed by atoms with Crippen molar-refractivity contribution < 1.29 is 28.6 Å². The van der Waals surface area contributed by atoms with Crippen molar-refractivity contribution in [1.82, 2.24) is 10.7 Å². The molecule has 1 aliphatic carbocycles. The van der Waals surface area contributed by atoms with Gasteiger partial charge in [0.05, 0.1) is 5.69 Å². The summed E-state index contributed by atoms with van der Waals surface area (Å²) >= 11 is 0. The molecule has 4 aromatic carbocycles. The van der Waals surface area contributed by atoms with E-state index in [-0.39, 0.29) is 25.7 Å². The second-order valence-electron chi connectivity index (χ2n) is 12.4. The molecule has 0 aromatic heterocycles. The molecule has 4 aromatic rings. The molecule has 0 radical (unpaired) electrons. The molecular formula is C54H29N3O6. The third kappa shape index (κ3) is 14.9. The van der Waals surface area contributed by atoms with E-state index in [1.165, 1.54) is 0 Å². The van der Waals surface area contributed by atoms with Gasteiger partial charge in [-0.3, -0.25) is 15.0 Å². The molecule has 9 heteroatoms. The number of benzene rings is 4. The number of amides is 2. The van der Waals surface area contributed by atoms with Crippen LogP contribution in [0.2, 0.25) is 0 Å². The summed E-state index contributed by atoms with van der Waals surface area (Å²) in [5.74, 6) is 48.6. The van der Waals surface area contributed by atoms with E-state index in [1.807, 2.05) is 49.4 Å². The fraction of sp³-hybridized carbons (Fsp3) is 0.0926. The summed E-state index contributed by atoms with van der Waals surface area (Å²) < 4.78 is 16.3. The van der Waals surface area contributed by atoms with Crippen LogP contribution in [0.1, 0.15) is 38.5 Å². The molecule has 0 bridgehead atoms. The Hall–Kier alpha value is -10.2. The minimum Gasteiger partial charge on any atom is -0.460 e. The molecule has 0 atom stereocenters. The molecule has 0 saturated carbocycles. The number of hydrogen-bond acceptors (Lipinski definition) is 7. The lowest BCUT2D eigenvalue weighted by Gasteiger charge is -2.15. The van der Waals surface area contributed by atoms with E-state index in [1.54, 1.807) is 36.4 Å². The Labute approximate surface area is 366 Å². The van der Waals surface area contributed by atoms with Gasteiger partial charge >= 0.3 is 12.1 Å². The van der Waals surface area contributed by atoms with Crippen LogP contribution in [0.25, 0.3) is 11.1 Å². The van der Waals surface area contributed by atoms with Crippen molar-refractivity contribution in [3.8, 4) is 148 Å². The normalized spacial score (nSPS) is 9.02. The number of terminal acetylenes is 1. The zero-order chi connectivity index (χ0) is 44.3. The first-order chi connectivity index (χ1) is 30.9. The Balaban J connectivity index is 0.977. The number of aryl methyl sites for hydroxylation is 1. The smallest absolute Gasteiger partial charge is 0.425 e. The van der Waals surface area contributed by atoms with Crippen LogP contribution in [0, 0.1) is 138 Å². The summed E-state index contributed by atoms with van der Waals surface area (Å²) in [4.78, 5) is 37.7. The molecule has 3 N–H and O–H groups in total. The molecule has 9 nitrogen and oxygen atoms in total. The molecule has 0 aliphatic heterocycles. The molecule has 296 valence electrons. The predicted molar refractivity (Wildman–Crippen MR) is 239 cm³/mol. The van der Waals surface area contributed by atoms with Gasteiger partial charge in [0.25, 0.3) is 5.91 Å². The minimum absolute atomic E-state index is 0.0599. The Morgan fingerprint density at radius 1 is 0.619 bits per heavy atom. The zero-order valence-corrected chi connectivity index (χ0v) is 33.4. The molecule has 63 heavy (non-hydrogen) atoms. The lowest BCUT2D eigenvalue weighted by Crippen LogP contribution is -2.31. The molecule has 1 aliphatic rings. The second-order valence-corrected chi connectivity index (χ2v) is 12.4. The van der Waals surface area contributed by atoms with Gasteiger partial charge in [0.1, 0.15) is 31.6 Å². The van der Waals surface area contributed by atoms with Gasteiger partial charge in [-0.15, -0.1) is 6.42 Å². The van der Waals surface area contributed by atoms with Gasteiger partial charge in [-0.25, -0.2) is 10.2 Å². The third-order valence-electron chi connectivity index (χ3n) is 8.12. The Morgan fingerprint density at radius 3 is 1.70 bits per heavy atom. The number of carbonyl (C=O) groups excluding carboxylic acids is 3. The molecule has 0 saturated heterocycles. The number of nitrogens with one attached hydrogen (secondary N) is 3. The SMILES string of the molecule is C#CC#CC#CC#CC#CC#CC#CC#CC#CC#CC#COc1cc(C)cc(COC(=O)CNC(=O)c2ccc(NNC(=O)OCC3c4ccccc4-c4ccccc43)cc2)c1. The van der Waals surface area contributed by atoms with Crippen LogP contribution in [0.3, 0.4) is 0 Å². The number of fused-ring (bicyclic) bond motifs is 3. The average molecular weight is 816 g/mol. The lowest BCUT2D eigenvalue weighted by molar-refractivity contribution is -0.143. The molecule has 0 fully saturated rings. The topological polar surface area (TPSA) is 115 Å². The van der Waals surface area contributed by atoms with Crippen LogP contribution < -0.4 is 20.9 Å². The van der Waals surface area contributed by atoms with Crippen LogP contribution >= 0.6 is 0 Å². The number of anilines is 1. The highest BCUT2D eigenvalue weighted by atomic mass is 16.6. The number of rotatable bonds is 10. The van der Waals surface area contributed by atoms with Crippen molar-refractivity contribution in [2.45, 2.75) is 19.4 Å².